The van der Waals surface area contributed by atoms with Gasteiger partial charge in [-0.25, -0.2) is 0 Å². The van der Waals surface area contributed by atoms with Crippen LogP contribution in [0.1, 0.15) is 25.8 Å². The quantitative estimate of drug-likeness (QED) is 0.746. The molecular weight excluding hydrogens is 274 g/mol. The van der Waals surface area contributed by atoms with Gasteiger partial charge in [-0.15, -0.1) is 0 Å². The number of benzene rings is 1. The van der Waals surface area contributed by atoms with Crippen molar-refractivity contribution >= 4 is 15.9 Å². The fraction of sp³-hybridized carbons (Fsp3) is 0.467. The van der Waals surface area contributed by atoms with E-state index in [0.717, 1.165) is 17.4 Å². The van der Waals surface area contributed by atoms with E-state index in [4.69, 9.17) is 0 Å². The summed E-state index contributed by atoms with van der Waals surface area (Å²) in [5.74, 6) is 0. The molecule has 17 heavy (non-hydrogen) atoms. The van der Waals surface area contributed by atoms with Crippen LogP contribution in [0, 0.1) is 0 Å². The minimum atomic E-state index is 0.181. The Kier molecular flexibility index (Phi) is 3.74. The van der Waals surface area contributed by atoms with Crippen molar-refractivity contribution in [2.45, 2.75) is 31.7 Å². The molecule has 1 aromatic rings. The molecule has 2 rings (SSSR count). The molecule has 0 aromatic heterocycles. The summed E-state index contributed by atoms with van der Waals surface area (Å²) in [6.45, 7) is 5.75. The van der Waals surface area contributed by atoms with Crippen molar-refractivity contribution in [2.24, 2.45) is 0 Å². The Bertz CT molecular complexity index is 405. The monoisotopic (exact) mass is 293 g/mol. The normalized spacial score (nSPS) is 21.8. The van der Waals surface area contributed by atoms with E-state index in [9.17, 15) is 0 Å². The summed E-state index contributed by atoms with van der Waals surface area (Å²) in [5.41, 5.74) is 1.59. The highest BCUT2D eigenvalue weighted by Crippen LogP contribution is 2.33. The molecule has 0 amide bonds. The Morgan fingerprint density at radius 1 is 1.18 bits per heavy atom. The van der Waals surface area contributed by atoms with E-state index in [2.05, 4.69) is 78.1 Å². The maximum Gasteiger partial charge on any atom is 0.0222 e. The lowest BCUT2D eigenvalue weighted by molar-refractivity contribution is 0.173. The van der Waals surface area contributed by atoms with Gasteiger partial charge in [-0.2, -0.15) is 0 Å². The van der Waals surface area contributed by atoms with Crippen molar-refractivity contribution in [3.63, 3.8) is 0 Å². The van der Waals surface area contributed by atoms with Crippen molar-refractivity contribution < 1.29 is 0 Å². The van der Waals surface area contributed by atoms with Gasteiger partial charge in [-0.1, -0.05) is 54.1 Å². The van der Waals surface area contributed by atoms with Gasteiger partial charge in [0.05, 0.1) is 0 Å². The Morgan fingerprint density at radius 3 is 2.41 bits per heavy atom. The highest BCUT2D eigenvalue weighted by molar-refractivity contribution is 9.10. The van der Waals surface area contributed by atoms with E-state index >= 15 is 0 Å². The summed E-state index contributed by atoms with van der Waals surface area (Å²) >= 11 is 3.50. The molecule has 0 N–H and O–H groups in total. The fourth-order valence-corrected chi connectivity index (χ4v) is 2.95. The van der Waals surface area contributed by atoms with Crippen LogP contribution in [0.25, 0.3) is 0 Å². The van der Waals surface area contributed by atoms with Gasteiger partial charge in [0.1, 0.15) is 0 Å². The molecule has 1 aliphatic heterocycles. The van der Waals surface area contributed by atoms with Gasteiger partial charge >= 0.3 is 0 Å². The average molecular weight is 294 g/mol. The first-order valence-corrected chi connectivity index (χ1v) is 6.92. The molecular formula is C15H20BrN. The van der Waals surface area contributed by atoms with Crippen LogP contribution >= 0.6 is 15.9 Å². The molecule has 1 unspecified atom stereocenters. The average Bonchev–Trinajstić information content (AvgIpc) is 2.30. The third-order valence-corrected chi connectivity index (χ3v) is 4.40. The molecule has 0 radical (unpaired) electrons. The van der Waals surface area contributed by atoms with Gasteiger partial charge < -0.3 is 0 Å². The van der Waals surface area contributed by atoms with Gasteiger partial charge in [-0.05, 0) is 31.2 Å². The Labute approximate surface area is 113 Å². The van der Waals surface area contributed by atoms with Crippen molar-refractivity contribution in [3.8, 4) is 0 Å². The predicted molar refractivity (Wildman–Crippen MR) is 77.3 cm³/mol. The SMILES string of the molecule is CN1CC=CCC1C(C)(C)c1ccc(Br)cc1. The largest absolute Gasteiger partial charge is 0.299 e. The highest BCUT2D eigenvalue weighted by Gasteiger charge is 2.33. The minimum Gasteiger partial charge on any atom is -0.299 e. The molecule has 1 nitrogen and oxygen atoms in total. The van der Waals surface area contributed by atoms with E-state index in [1.165, 1.54) is 5.56 Å². The molecule has 0 saturated heterocycles. The van der Waals surface area contributed by atoms with Gasteiger partial charge in [0.25, 0.3) is 0 Å². The fourth-order valence-electron chi connectivity index (χ4n) is 2.69. The van der Waals surface area contributed by atoms with Crippen LogP contribution in [0.15, 0.2) is 40.9 Å². The predicted octanol–water partition coefficient (Wildman–Crippen LogP) is 3.99. The van der Waals surface area contributed by atoms with Crippen LogP contribution in [0.5, 0.6) is 0 Å². The molecule has 92 valence electrons. The first-order valence-electron chi connectivity index (χ1n) is 6.13. The van der Waals surface area contributed by atoms with Crippen molar-refractivity contribution in [1.29, 1.82) is 0 Å². The highest BCUT2D eigenvalue weighted by atomic mass is 79.9. The lowest BCUT2D eigenvalue weighted by atomic mass is 9.75. The molecule has 1 heterocycles. The van der Waals surface area contributed by atoms with Gasteiger partial charge in [-0.3, -0.25) is 4.90 Å². The first-order chi connectivity index (χ1) is 8.01. The summed E-state index contributed by atoms with van der Waals surface area (Å²) in [5, 5.41) is 0. The Balaban J connectivity index is 2.28. The van der Waals surface area contributed by atoms with Crippen molar-refractivity contribution in [1.82, 2.24) is 4.90 Å². The number of rotatable bonds is 2. The van der Waals surface area contributed by atoms with E-state index < -0.39 is 0 Å². The van der Waals surface area contributed by atoms with Crippen LogP contribution < -0.4 is 0 Å². The summed E-state index contributed by atoms with van der Waals surface area (Å²) < 4.78 is 1.15. The van der Waals surface area contributed by atoms with Gasteiger partial charge in [0, 0.05) is 22.5 Å². The Morgan fingerprint density at radius 2 is 1.82 bits per heavy atom. The summed E-state index contributed by atoms with van der Waals surface area (Å²) in [6.07, 6.45) is 5.71. The molecule has 0 bridgehead atoms. The van der Waals surface area contributed by atoms with Crippen LogP contribution in [-0.2, 0) is 5.41 Å². The second-order valence-corrected chi connectivity index (χ2v) is 6.31. The van der Waals surface area contributed by atoms with E-state index in [-0.39, 0.29) is 5.41 Å². The summed E-state index contributed by atoms with van der Waals surface area (Å²) in [7, 11) is 2.22. The zero-order valence-corrected chi connectivity index (χ0v) is 12.4. The lowest BCUT2D eigenvalue weighted by Gasteiger charge is -2.42. The molecule has 1 aromatic carbocycles. The van der Waals surface area contributed by atoms with Crippen LogP contribution in [0.2, 0.25) is 0 Å². The standard InChI is InChI=1S/C15H20BrN/c1-15(2,12-7-9-13(16)10-8-12)14-6-4-5-11-17(14)3/h4-5,7-10,14H,6,11H2,1-3H3. The van der Waals surface area contributed by atoms with Crippen LogP contribution in [0.4, 0.5) is 0 Å². The number of nitrogens with zero attached hydrogens (tertiary/aromatic N) is 1. The summed E-state index contributed by atoms with van der Waals surface area (Å²) in [6, 6.07) is 9.31. The second-order valence-electron chi connectivity index (χ2n) is 5.39. The van der Waals surface area contributed by atoms with Gasteiger partial charge in [0.2, 0.25) is 0 Å². The zero-order chi connectivity index (χ0) is 12.5. The van der Waals surface area contributed by atoms with Crippen LogP contribution in [0.3, 0.4) is 0 Å². The van der Waals surface area contributed by atoms with Crippen molar-refractivity contribution in [3.05, 3.63) is 46.5 Å². The third kappa shape index (κ3) is 2.63. The zero-order valence-electron chi connectivity index (χ0n) is 10.8. The van der Waals surface area contributed by atoms with E-state index in [0.29, 0.717) is 6.04 Å². The molecule has 0 spiro atoms. The molecule has 2 heteroatoms. The maximum atomic E-state index is 3.50. The topological polar surface area (TPSA) is 3.24 Å². The second kappa shape index (κ2) is 4.95. The summed E-state index contributed by atoms with van der Waals surface area (Å²) in [4.78, 5) is 2.45. The van der Waals surface area contributed by atoms with Crippen LogP contribution in [-0.4, -0.2) is 24.5 Å². The Hall–Kier alpha value is -0.600. The van der Waals surface area contributed by atoms with E-state index in [1.54, 1.807) is 0 Å². The minimum absolute atomic E-state index is 0.181. The van der Waals surface area contributed by atoms with Crippen molar-refractivity contribution in [2.75, 3.05) is 13.6 Å². The third-order valence-electron chi connectivity index (χ3n) is 3.87. The molecule has 0 fully saturated rings. The molecule has 1 atom stereocenters. The number of likely N-dealkylation sites (N-methyl/N-ethyl adjacent to an activating group) is 1. The number of hydrogen-bond acceptors (Lipinski definition) is 1. The smallest absolute Gasteiger partial charge is 0.0222 e. The molecule has 1 aliphatic rings. The van der Waals surface area contributed by atoms with E-state index in [1.807, 2.05) is 0 Å². The maximum absolute atomic E-state index is 3.50. The molecule has 0 aliphatic carbocycles. The van der Waals surface area contributed by atoms with Gasteiger partial charge in [0.15, 0.2) is 0 Å². The first kappa shape index (κ1) is 12.8. The molecule has 0 saturated carbocycles. The number of halogens is 1. The number of hydrogen-bond donors (Lipinski definition) is 0. The lowest BCUT2D eigenvalue weighted by Crippen LogP contribution is -2.47.